The van der Waals surface area contributed by atoms with Crippen molar-refractivity contribution < 1.29 is 0 Å². The van der Waals surface area contributed by atoms with Crippen LogP contribution in [-0.2, 0) is 0 Å². The van der Waals surface area contributed by atoms with Crippen LogP contribution < -0.4 is 10.2 Å². The standard InChI is InChI=1S/C18H26N6/c1-4-19-17-11-16(21-13-22-17)14-5-6-18(20-12-14)24(3)15-7-9-23(2)10-8-15/h5-6,11-13,15H,4,7-10H2,1-3H3,(H,19,21,22). The molecule has 0 radical (unpaired) electrons. The molecule has 1 aliphatic rings. The molecule has 3 heterocycles. The number of nitrogens with zero attached hydrogens (tertiary/aromatic N) is 5. The molecule has 0 bridgehead atoms. The highest BCUT2D eigenvalue weighted by Gasteiger charge is 2.21. The predicted molar refractivity (Wildman–Crippen MR) is 98.3 cm³/mol. The Morgan fingerprint density at radius 1 is 1.21 bits per heavy atom. The van der Waals surface area contributed by atoms with Gasteiger partial charge in [-0.15, -0.1) is 0 Å². The molecule has 0 amide bonds. The Morgan fingerprint density at radius 2 is 2.00 bits per heavy atom. The van der Waals surface area contributed by atoms with Crippen molar-refractivity contribution in [2.75, 3.05) is 43.9 Å². The number of anilines is 2. The minimum Gasteiger partial charge on any atom is -0.370 e. The molecule has 1 aliphatic heterocycles. The van der Waals surface area contributed by atoms with Crippen molar-refractivity contribution in [1.29, 1.82) is 0 Å². The highest BCUT2D eigenvalue weighted by molar-refractivity contribution is 5.62. The summed E-state index contributed by atoms with van der Waals surface area (Å²) in [7, 11) is 4.33. The highest BCUT2D eigenvalue weighted by atomic mass is 15.2. The largest absolute Gasteiger partial charge is 0.370 e. The van der Waals surface area contributed by atoms with E-state index in [0.717, 1.165) is 42.5 Å². The second-order valence-corrected chi connectivity index (χ2v) is 6.37. The number of hydrogen-bond donors (Lipinski definition) is 1. The van der Waals surface area contributed by atoms with E-state index in [4.69, 9.17) is 0 Å². The Kier molecular flexibility index (Phi) is 5.25. The summed E-state index contributed by atoms with van der Waals surface area (Å²) in [4.78, 5) is 17.9. The molecule has 0 spiro atoms. The first kappa shape index (κ1) is 16.6. The van der Waals surface area contributed by atoms with E-state index < -0.39 is 0 Å². The average molecular weight is 326 g/mol. The van der Waals surface area contributed by atoms with Gasteiger partial charge in [0.2, 0.25) is 0 Å². The third kappa shape index (κ3) is 3.82. The van der Waals surface area contributed by atoms with Crippen LogP contribution in [0.3, 0.4) is 0 Å². The summed E-state index contributed by atoms with van der Waals surface area (Å²) >= 11 is 0. The molecule has 1 N–H and O–H groups in total. The van der Waals surface area contributed by atoms with Gasteiger partial charge >= 0.3 is 0 Å². The van der Waals surface area contributed by atoms with E-state index in [-0.39, 0.29) is 0 Å². The SMILES string of the molecule is CCNc1cc(-c2ccc(N(C)C3CCN(C)CC3)nc2)ncn1. The number of likely N-dealkylation sites (tertiary alicyclic amines) is 1. The van der Waals surface area contributed by atoms with Crippen molar-refractivity contribution in [3.63, 3.8) is 0 Å². The van der Waals surface area contributed by atoms with Gasteiger partial charge in [-0.2, -0.15) is 0 Å². The van der Waals surface area contributed by atoms with Gasteiger partial charge in [0.25, 0.3) is 0 Å². The van der Waals surface area contributed by atoms with Gasteiger partial charge in [-0.25, -0.2) is 15.0 Å². The van der Waals surface area contributed by atoms with Gasteiger partial charge in [-0.05, 0) is 52.0 Å². The molecule has 2 aromatic heterocycles. The topological polar surface area (TPSA) is 57.2 Å². The van der Waals surface area contributed by atoms with Gasteiger partial charge < -0.3 is 15.1 Å². The Labute approximate surface area is 143 Å². The first-order chi connectivity index (χ1) is 11.7. The van der Waals surface area contributed by atoms with Crippen LogP contribution in [0.1, 0.15) is 19.8 Å². The maximum Gasteiger partial charge on any atom is 0.129 e. The summed E-state index contributed by atoms with van der Waals surface area (Å²) in [5.74, 6) is 1.87. The van der Waals surface area contributed by atoms with Crippen LogP contribution in [0.2, 0.25) is 0 Å². The molecule has 0 unspecified atom stereocenters. The maximum absolute atomic E-state index is 4.66. The summed E-state index contributed by atoms with van der Waals surface area (Å²) in [6, 6.07) is 6.70. The van der Waals surface area contributed by atoms with Crippen LogP contribution in [0.5, 0.6) is 0 Å². The first-order valence-corrected chi connectivity index (χ1v) is 8.61. The maximum atomic E-state index is 4.66. The zero-order valence-electron chi connectivity index (χ0n) is 14.7. The van der Waals surface area contributed by atoms with Gasteiger partial charge in [0.1, 0.15) is 18.0 Å². The normalized spacial score (nSPS) is 16.1. The molecule has 0 saturated carbocycles. The quantitative estimate of drug-likeness (QED) is 0.911. The van der Waals surface area contributed by atoms with Crippen molar-refractivity contribution in [3.05, 3.63) is 30.7 Å². The van der Waals surface area contributed by atoms with Crippen LogP contribution in [-0.4, -0.2) is 59.6 Å². The fraction of sp³-hybridized carbons (Fsp3) is 0.500. The van der Waals surface area contributed by atoms with Gasteiger partial charge in [-0.1, -0.05) is 0 Å². The molecular weight excluding hydrogens is 300 g/mol. The summed E-state index contributed by atoms with van der Waals surface area (Å²) in [6.45, 7) is 5.20. The van der Waals surface area contributed by atoms with Gasteiger partial charge in [0.15, 0.2) is 0 Å². The van der Waals surface area contributed by atoms with E-state index in [1.54, 1.807) is 6.33 Å². The predicted octanol–water partition coefficient (Wildman–Crippen LogP) is 2.50. The zero-order chi connectivity index (χ0) is 16.9. The Balaban J connectivity index is 1.72. The van der Waals surface area contributed by atoms with E-state index in [1.807, 2.05) is 12.3 Å². The number of pyridine rings is 1. The van der Waals surface area contributed by atoms with Gasteiger partial charge in [0.05, 0.1) is 5.69 Å². The summed E-state index contributed by atoms with van der Waals surface area (Å²) in [5.41, 5.74) is 1.90. The fourth-order valence-electron chi connectivity index (χ4n) is 3.11. The third-order valence-corrected chi connectivity index (χ3v) is 4.67. The number of piperidine rings is 1. The third-order valence-electron chi connectivity index (χ3n) is 4.67. The molecule has 2 aromatic rings. The summed E-state index contributed by atoms with van der Waals surface area (Å²) < 4.78 is 0. The van der Waals surface area contributed by atoms with Crippen molar-refractivity contribution in [3.8, 4) is 11.3 Å². The summed E-state index contributed by atoms with van der Waals surface area (Å²) in [6.07, 6.45) is 5.87. The smallest absolute Gasteiger partial charge is 0.129 e. The van der Waals surface area contributed by atoms with E-state index in [0.29, 0.717) is 6.04 Å². The molecule has 3 rings (SSSR count). The van der Waals surface area contributed by atoms with Crippen molar-refractivity contribution >= 4 is 11.6 Å². The number of nitrogens with one attached hydrogen (secondary N) is 1. The Bertz CT molecular complexity index is 649. The molecule has 24 heavy (non-hydrogen) atoms. The molecule has 6 heteroatoms. The molecule has 1 fully saturated rings. The van der Waals surface area contributed by atoms with E-state index in [2.05, 4.69) is 63.2 Å². The fourth-order valence-corrected chi connectivity index (χ4v) is 3.11. The van der Waals surface area contributed by atoms with Crippen LogP contribution >= 0.6 is 0 Å². The molecular formula is C18H26N6. The van der Waals surface area contributed by atoms with Crippen LogP contribution in [0.25, 0.3) is 11.3 Å². The summed E-state index contributed by atoms with van der Waals surface area (Å²) in [5, 5.41) is 3.21. The number of rotatable bonds is 5. The van der Waals surface area contributed by atoms with E-state index >= 15 is 0 Å². The zero-order valence-corrected chi connectivity index (χ0v) is 14.7. The lowest BCUT2D eigenvalue weighted by Gasteiger charge is -2.35. The second-order valence-electron chi connectivity index (χ2n) is 6.37. The molecule has 6 nitrogen and oxygen atoms in total. The lowest BCUT2D eigenvalue weighted by Crippen LogP contribution is -2.42. The molecule has 0 atom stereocenters. The number of aromatic nitrogens is 3. The Hall–Kier alpha value is -2.21. The lowest BCUT2D eigenvalue weighted by atomic mass is 10.0. The highest BCUT2D eigenvalue weighted by Crippen LogP contribution is 2.23. The van der Waals surface area contributed by atoms with Gasteiger partial charge in [-0.3, -0.25) is 0 Å². The molecule has 0 aliphatic carbocycles. The number of hydrogen-bond acceptors (Lipinski definition) is 6. The van der Waals surface area contributed by atoms with Crippen molar-refractivity contribution in [2.24, 2.45) is 0 Å². The Morgan fingerprint density at radius 3 is 2.67 bits per heavy atom. The van der Waals surface area contributed by atoms with Crippen molar-refractivity contribution in [2.45, 2.75) is 25.8 Å². The van der Waals surface area contributed by atoms with Crippen LogP contribution in [0.15, 0.2) is 30.7 Å². The van der Waals surface area contributed by atoms with E-state index in [1.165, 1.54) is 12.8 Å². The molecule has 1 saturated heterocycles. The molecule has 128 valence electrons. The van der Waals surface area contributed by atoms with Crippen LogP contribution in [0.4, 0.5) is 11.6 Å². The monoisotopic (exact) mass is 326 g/mol. The minimum atomic E-state index is 0.568. The minimum absolute atomic E-state index is 0.568. The van der Waals surface area contributed by atoms with Gasteiger partial charge in [0, 0.05) is 37.5 Å². The van der Waals surface area contributed by atoms with E-state index in [9.17, 15) is 0 Å². The van der Waals surface area contributed by atoms with Crippen LogP contribution in [0, 0.1) is 0 Å². The first-order valence-electron chi connectivity index (χ1n) is 8.61. The van der Waals surface area contributed by atoms with Crippen molar-refractivity contribution in [1.82, 2.24) is 19.9 Å². The average Bonchev–Trinajstić information content (AvgIpc) is 2.62. The molecule has 0 aromatic carbocycles. The second kappa shape index (κ2) is 7.57. The lowest BCUT2D eigenvalue weighted by molar-refractivity contribution is 0.252.